The zero-order valence-electron chi connectivity index (χ0n) is 23.5. The number of nitrogens with zero attached hydrogens (tertiary/aromatic N) is 3. The van der Waals surface area contributed by atoms with Crippen LogP contribution in [0.5, 0.6) is 5.75 Å². The Balaban J connectivity index is 1.85. The van der Waals surface area contributed by atoms with Crippen LogP contribution in [0.3, 0.4) is 0 Å². The van der Waals surface area contributed by atoms with Crippen molar-refractivity contribution in [2.75, 3.05) is 40.3 Å². The van der Waals surface area contributed by atoms with E-state index in [9.17, 15) is 4.79 Å². The van der Waals surface area contributed by atoms with Crippen LogP contribution in [0, 0.1) is 5.92 Å². The van der Waals surface area contributed by atoms with Crippen molar-refractivity contribution >= 4 is 12.1 Å². The minimum absolute atomic E-state index is 0.0126. The zero-order chi connectivity index (χ0) is 27.5. The van der Waals surface area contributed by atoms with Crippen LogP contribution in [0.4, 0.5) is 0 Å². The van der Waals surface area contributed by atoms with Gasteiger partial charge in [-0.05, 0) is 49.6 Å². The first-order chi connectivity index (χ1) is 18.4. The van der Waals surface area contributed by atoms with Crippen LogP contribution in [0.25, 0.3) is 0 Å². The lowest BCUT2D eigenvalue weighted by molar-refractivity contribution is -0.126. The smallest absolute Gasteiger partial charge is 0.257 e. The SMILES string of the molecule is C=C(N=CC1=C(C(C)CC)N(C)CCN(Cc2cccc(OC(CNC)c3ccccc3)c2)C1=O)NCC. The molecule has 2 N–H and O–H groups in total. The van der Waals surface area contributed by atoms with Crippen molar-refractivity contribution in [1.29, 1.82) is 0 Å². The van der Waals surface area contributed by atoms with E-state index >= 15 is 0 Å². The number of carbonyl (C=O) groups is 1. The van der Waals surface area contributed by atoms with E-state index in [4.69, 9.17) is 4.74 Å². The molecule has 0 fully saturated rings. The second kappa shape index (κ2) is 14.4. The second-order valence-electron chi connectivity index (χ2n) is 9.71. The van der Waals surface area contributed by atoms with Crippen molar-refractivity contribution in [2.45, 2.75) is 39.8 Å². The third-order valence-electron chi connectivity index (χ3n) is 6.83. The summed E-state index contributed by atoms with van der Waals surface area (Å²) < 4.78 is 6.39. The highest BCUT2D eigenvalue weighted by atomic mass is 16.5. The summed E-state index contributed by atoms with van der Waals surface area (Å²) in [7, 11) is 3.98. The van der Waals surface area contributed by atoms with E-state index in [-0.39, 0.29) is 17.9 Å². The van der Waals surface area contributed by atoms with Gasteiger partial charge in [0.15, 0.2) is 0 Å². The van der Waals surface area contributed by atoms with Crippen LogP contribution in [-0.2, 0) is 11.3 Å². The summed E-state index contributed by atoms with van der Waals surface area (Å²) in [4.78, 5) is 22.5. The van der Waals surface area contributed by atoms with E-state index in [1.54, 1.807) is 6.21 Å². The number of amides is 1. The van der Waals surface area contributed by atoms with Crippen LogP contribution in [-0.4, -0.2) is 62.2 Å². The number of carbonyl (C=O) groups excluding carboxylic acids is 1. The molecule has 0 radical (unpaired) electrons. The van der Waals surface area contributed by atoms with Crippen molar-refractivity contribution in [3.8, 4) is 5.75 Å². The van der Waals surface area contributed by atoms with Crippen molar-refractivity contribution in [1.82, 2.24) is 20.4 Å². The van der Waals surface area contributed by atoms with Gasteiger partial charge in [-0.15, -0.1) is 0 Å². The molecule has 38 heavy (non-hydrogen) atoms. The maximum absolute atomic E-state index is 13.9. The lowest BCUT2D eigenvalue weighted by Gasteiger charge is -2.26. The van der Waals surface area contributed by atoms with E-state index < -0.39 is 0 Å². The molecule has 2 aromatic carbocycles. The summed E-state index contributed by atoms with van der Waals surface area (Å²) in [5.41, 5.74) is 3.80. The number of hydrogen-bond acceptors (Lipinski definition) is 6. The van der Waals surface area contributed by atoms with Gasteiger partial charge >= 0.3 is 0 Å². The fourth-order valence-corrected chi connectivity index (χ4v) is 4.66. The number of nitrogens with one attached hydrogen (secondary N) is 2. The van der Waals surface area contributed by atoms with Gasteiger partial charge in [-0.2, -0.15) is 0 Å². The molecular weight excluding hydrogens is 474 g/mol. The quantitative estimate of drug-likeness (QED) is 0.375. The Labute approximate surface area is 228 Å². The molecule has 0 aliphatic carbocycles. The second-order valence-corrected chi connectivity index (χ2v) is 9.71. The zero-order valence-corrected chi connectivity index (χ0v) is 23.5. The average Bonchev–Trinajstić information content (AvgIpc) is 3.03. The highest BCUT2D eigenvalue weighted by molar-refractivity contribution is 6.13. The maximum atomic E-state index is 13.9. The molecule has 3 rings (SSSR count). The Morgan fingerprint density at radius 2 is 1.92 bits per heavy atom. The first-order valence-corrected chi connectivity index (χ1v) is 13.5. The molecule has 2 aromatic rings. The number of likely N-dealkylation sites (N-methyl/N-ethyl adjacent to an activating group) is 2. The third kappa shape index (κ3) is 7.71. The lowest BCUT2D eigenvalue weighted by Crippen LogP contribution is -2.34. The number of benzene rings is 2. The van der Waals surface area contributed by atoms with E-state index in [2.05, 4.69) is 60.1 Å². The molecule has 0 saturated heterocycles. The van der Waals surface area contributed by atoms with Gasteiger partial charge in [0.05, 0.1) is 5.57 Å². The summed E-state index contributed by atoms with van der Waals surface area (Å²) >= 11 is 0. The Hall–Kier alpha value is -3.58. The van der Waals surface area contributed by atoms with Gasteiger partial charge in [0, 0.05) is 51.7 Å². The summed E-state index contributed by atoms with van der Waals surface area (Å²) in [6, 6.07) is 18.2. The number of rotatable bonds is 13. The molecule has 1 heterocycles. The monoisotopic (exact) mass is 517 g/mol. The van der Waals surface area contributed by atoms with Gasteiger partial charge in [-0.3, -0.25) is 4.79 Å². The lowest BCUT2D eigenvalue weighted by atomic mass is 9.98. The molecule has 1 aliphatic rings. The Kier molecular flexibility index (Phi) is 11.0. The van der Waals surface area contributed by atoms with Gasteiger partial charge in [0.1, 0.15) is 17.7 Å². The largest absolute Gasteiger partial charge is 0.484 e. The topological polar surface area (TPSA) is 69.2 Å². The van der Waals surface area contributed by atoms with Gasteiger partial charge in [-0.1, -0.05) is 62.9 Å². The predicted octanol–water partition coefficient (Wildman–Crippen LogP) is 4.75. The van der Waals surface area contributed by atoms with Crippen LogP contribution >= 0.6 is 0 Å². The minimum atomic E-state index is -0.112. The van der Waals surface area contributed by atoms with Crippen LogP contribution < -0.4 is 15.4 Å². The number of aliphatic imine (C=N–C) groups is 1. The van der Waals surface area contributed by atoms with E-state index in [0.717, 1.165) is 42.1 Å². The number of allylic oxidation sites excluding steroid dienone is 1. The van der Waals surface area contributed by atoms with Gasteiger partial charge in [0.25, 0.3) is 5.91 Å². The molecule has 0 spiro atoms. The maximum Gasteiger partial charge on any atom is 0.257 e. The van der Waals surface area contributed by atoms with Crippen molar-refractivity contribution in [3.05, 3.63) is 89.4 Å². The summed E-state index contributed by atoms with van der Waals surface area (Å²) in [6.07, 6.45) is 2.51. The van der Waals surface area contributed by atoms with Gasteiger partial charge in [-0.25, -0.2) is 4.99 Å². The minimum Gasteiger partial charge on any atom is -0.484 e. The van der Waals surface area contributed by atoms with E-state index in [1.807, 2.05) is 61.3 Å². The fraction of sp³-hybridized carbons (Fsp3) is 0.419. The standard InChI is InChI=1S/C31H43N5O2/c1-7-23(3)30-28(20-34-24(4)33-8-2)31(37)36(18-17-35(30)6)22-25-13-12-16-27(19-25)38-29(21-32-5)26-14-10-9-11-15-26/h9-16,19-20,23,29,32-33H,4,7-8,17-18,21-22H2,1-3,5-6H3. The molecule has 1 aliphatic heterocycles. The molecule has 0 bridgehead atoms. The molecule has 7 heteroatoms. The molecule has 204 valence electrons. The molecular formula is C31H43N5O2. The van der Waals surface area contributed by atoms with Gasteiger partial charge in [0.2, 0.25) is 0 Å². The molecule has 2 atom stereocenters. The van der Waals surface area contributed by atoms with E-state index in [0.29, 0.717) is 31.0 Å². The Morgan fingerprint density at radius 3 is 2.61 bits per heavy atom. The molecule has 2 unspecified atom stereocenters. The van der Waals surface area contributed by atoms with Crippen LogP contribution in [0.15, 0.2) is 83.3 Å². The summed E-state index contributed by atoms with van der Waals surface area (Å²) in [5.74, 6) is 1.55. The van der Waals surface area contributed by atoms with Gasteiger partial charge < -0.3 is 25.2 Å². The van der Waals surface area contributed by atoms with Crippen molar-refractivity contribution in [2.24, 2.45) is 10.9 Å². The molecule has 1 amide bonds. The predicted molar refractivity (Wildman–Crippen MR) is 156 cm³/mol. The number of ether oxygens (including phenoxy) is 1. The molecule has 0 aromatic heterocycles. The Morgan fingerprint density at radius 1 is 1.16 bits per heavy atom. The molecule has 0 saturated carbocycles. The molecule has 7 nitrogen and oxygen atoms in total. The Bertz CT molecular complexity index is 1130. The first kappa shape index (κ1) is 29.0. The summed E-state index contributed by atoms with van der Waals surface area (Å²) in [5, 5.41) is 6.33. The first-order valence-electron chi connectivity index (χ1n) is 13.5. The van der Waals surface area contributed by atoms with E-state index in [1.165, 1.54) is 0 Å². The third-order valence-corrected chi connectivity index (χ3v) is 6.83. The van der Waals surface area contributed by atoms with Crippen molar-refractivity contribution < 1.29 is 9.53 Å². The summed E-state index contributed by atoms with van der Waals surface area (Å²) in [6.45, 7) is 13.5. The number of hydrogen-bond donors (Lipinski definition) is 2. The van der Waals surface area contributed by atoms with Crippen LogP contribution in [0.1, 0.15) is 44.4 Å². The normalized spacial score (nSPS) is 16.0. The van der Waals surface area contributed by atoms with Crippen LogP contribution in [0.2, 0.25) is 0 Å². The highest BCUT2D eigenvalue weighted by Gasteiger charge is 2.29. The van der Waals surface area contributed by atoms with Crippen molar-refractivity contribution in [3.63, 3.8) is 0 Å². The highest BCUT2D eigenvalue weighted by Crippen LogP contribution is 2.27. The average molecular weight is 518 g/mol. The fourth-order valence-electron chi connectivity index (χ4n) is 4.66.